The molecule has 62 valence electrons. The maximum absolute atomic E-state index is 10.4. The van der Waals surface area contributed by atoms with Gasteiger partial charge in [0.1, 0.15) is 5.75 Å². The number of benzene rings is 1. The normalized spacial score (nSPS) is 16.0. The Hall–Kier alpha value is -1.31. The zero-order valence-corrected chi connectivity index (χ0v) is 6.66. The number of aldehydes is 1. The average molecular weight is 162 g/mol. The largest absolute Gasteiger partial charge is 0.507 e. The second kappa shape index (κ2) is 2.63. The van der Waals surface area contributed by atoms with Crippen LogP contribution >= 0.6 is 0 Å². The molecule has 0 heterocycles. The summed E-state index contributed by atoms with van der Waals surface area (Å²) < 4.78 is 0. The molecule has 12 heavy (non-hydrogen) atoms. The Morgan fingerprint density at radius 3 is 2.67 bits per heavy atom. The Balaban J connectivity index is 2.36. The molecule has 0 amide bonds. The third-order valence-corrected chi connectivity index (χ3v) is 2.23. The number of rotatable bonds is 2. The smallest absolute Gasteiger partial charge is 0.153 e. The topological polar surface area (TPSA) is 37.3 Å². The van der Waals surface area contributed by atoms with Gasteiger partial charge < -0.3 is 5.11 Å². The van der Waals surface area contributed by atoms with Crippen LogP contribution in [0.5, 0.6) is 5.75 Å². The lowest BCUT2D eigenvalue weighted by Crippen LogP contribution is -1.84. The van der Waals surface area contributed by atoms with Crippen molar-refractivity contribution in [2.24, 2.45) is 0 Å². The first-order chi connectivity index (χ1) is 5.81. The number of aromatic hydroxyl groups is 1. The molecule has 0 bridgehead atoms. The van der Waals surface area contributed by atoms with Crippen molar-refractivity contribution in [3.63, 3.8) is 0 Å². The predicted molar refractivity (Wildman–Crippen MR) is 45.5 cm³/mol. The van der Waals surface area contributed by atoms with Crippen molar-refractivity contribution in [2.75, 3.05) is 0 Å². The van der Waals surface area contributed by atoms with E-state index in [2.05, 4.69) is 0 Å². The van der Waals surface area contributed by atoms with Crippen LogP contribution in [-0.2, 0) is 0 Å². The molecule has 1 saturated carbocycles. The monoisotopic (exact) mass is 162 g/mol. The standard InChI is InChI=1S/C10H10O2/c11-6-9-4-3-8(5-10(9)12)7-1-2-7/h3-7,12H,1-2H2. The van der Waals surface area contributed by atoms with Crippen LogP contribution in [0.15, 0.2) is 18.2 Å². The van der Waals surface area contributed by atoms with Crippen molar-refractivity contribution in [1.29, 1.82) is 0 Å². The molecule has 0 spiro atoms. The van der Waals surface area contributed by atoms with Gasteiger partial charge in [-0.25, -0.2) is 0 Å². The minimum atomic E-state index is 0.106. The Morgan fingerprint density at radius 2 is 2.17 bits per heavy atom. The molecule has 0 unspecified atom stereocenters. The van der Waals surface area contributed by atoms with E-state index in [0.29, 0.717) is 17.8 Å². The Kier molecular flexibility index (Phi) is 1.61. The molecule has 1 aliphatic rings. The fourth-order valence-electron chi connectivity index (χ4n) is 1.33. The van der Waals surface area contributed by atoms with E-state index < -0.39 is 0 Å². The molecule has 2 heteroatoms. The van der Waals surface area contributed by atoms with Crippen LogP contribution in [-0.4, -0.2) is 11.4 Å². The molecule has 0 radical (unpaired) electrons. The Bertz CT molecular complexity index is 314. The molecule has 1 fully saturated rings. The van der Waals surface area contributed by atoms with Crippen molar-refractivity contribution in [2.45, 2.75) is 18.8 Å². The van der Waals surface area contributed by atoms with E-state index >= 15 is 0 Å². The van der Waals surface area contributed by atoms with Gasteiger partial charge in [0.2, 0.25) is 0 Å². The van der Waals surface area contributed by atoms with Crippen LogP contribution < -0.4 is 0 Å². The van der Waals surface area contributed by atoms with Crippen molar-refractivity contribution in [1.82, 2.24) is 0 Å². The predicted octanol–water partition coefficient (Wildman–Crippen LogP) is 2.08. The molecular weight excluding hydrogens is 152 g/mol. The van der Waals surface area contributed by atoms with Crippen LogP contribution in [0.25, 0.3) is 0 Å². The molecule has 1 N–H and O–H groups in total. The third-order valence-electron chi connectivity index (χ3n) is 2.23. The maximum Gasteiger partial charge on any atom is 0.153 e. The molecule has 0 saturated heterocycles. The number of phenols is 1. The first-order valence-corrected chi connectivity index (χ1v) is 4.09. The van der Waals surface area contributed by atoms with Crippen LogP contribution in [0.4, 0.5) is 0 Å². The fourth-order valence-corrected chi connectivity index (χ4v) is 1.33. The van der Waals surface area contributed by atoms with Crippen molar-refractivity contribution < 1.29 is 9.90 Å². The van der Waals surface area contributed by atoms with E-state index in [-0.39, 0.29) is 5.75 Å². The number of hydrogen-bond acceptors (Lipinski definition) is 2. The van der Waals surface area contributed by atoms with Crippen LogP contribution in [0.1, 0.15) is 34.7 Å². The highest BCUT2D eigenvalue weighted by Crippen LogP contribution is 2.41. The number of carbonyl (C=O) groups excluding carboxylic acids is 1. The lowest BCUT2D eigenvalue weighted by atomic mass is 10.1. The molecule has 0 aliphatic heterocycles. The fraction of sp³-hybridized carbons (Fsp3) is 0.300. The highest BCUT2D eigenvalue weighted by molar-refractivity contribution is 5.79. The van der Waals surface area contributed by atoms with Gasteiger partial charge in [0.15, 0.2) is 6.29 Å². The quantitative estimate of drug-likeness (QED) is 0.676. The van der Waals surface area contributed by atoms with Gasteiger partial charge in [-0.15, -0.1) is 0 Å². The second-order valence-corrected chi connectivity index (χ2v) is 3.21. The summed E-state index contributed by atoms with van der Waals surface area (Å²) in [6.45, 7) is 0. The van der Waals surface area contributed by atoms with Gasteiger partial charge in [-0.05, 0) is 36.5 Å². The van der Waals surface area contributed by atoms with E-state index in [0.717, 1.165) is 5.56 Å². The molecule has 2 nitrogen and oxygen atoms in total. The van der Waals surface area contributed by atoms with E-state index in [9.17, 15) is 9.90 Å². The minimum absolute atomic E-state index is 0.106. The Morgan fingerprint density at radius 1 is 1.42 bits per heavy atom. The number of phenolic OH excluding ortho intramolecular Hbond substituents is 1. The summed E-state index contributed by atoms with van der Waals surface area (Å²) in [5, 5.41) is 9.34. The van der Waals surface area contributed by atoms with Crippen LogP contribution in [0.2, 0.25) is 0 Å². The van der Waals surface area contributed by atoms with Gasteiger partial charge in [0, 0.05) is 0 Å². The molecule has 1 aliphatic carbocycles. The minimum Gasteiger partial charge on any atom is -0.507 e. The van der Waals surface area contributed by atoms with E-state index in [1.165, 1.54) is 12.8 Å². The summed E-state index contributed by atoms with van der Waals surface area (Å²) in [6.07, 6.45) is 3.09. The van der Waals surface area contributed by atoms with Crippen LogP contribution in [0.3, 0.4) is 0 Å². The van der Waals surface area contributed by atoms with Gasteiger partial charge in [-0.3, -0.25) is 4.79 Å². The molecular formula is C10H10O2. The second-order valence-electron chi connectivity index (χ2n) is 3.21. The maximum atomic E-state index is 10.4. The van der Waals surface area contributed by atoms with Gasteiger partial charge >= 0.3 is 0 Å². The van der Waals surface area contributed by atoms with Crippen molar-refractivity contribution in [3.8, 4) is 5.75 Å². The summed E-state index contributed by atoms with van der Waals surface area (Å²) in [7, 11) is 0. The Labute approximate surface area is 70.8 Å². The molecule has 1 aromatic rings. The zero-order chi connectivity index (χ0) is 8.55. The lowest BCUT2D eigenvalue weighted by Gasteiger charge is -2.00. The highest BCUT2D eigenvalue weighted by Gasteiger charge is 2.23. The van der Waals surface area contributed by atoms with Gasteiger partial charge in [0.05, 0.1) is 5.56 Å². The van der Waals surface area contributed by atoms with Crippen molar-refractivity contribution in [3.05, 3.63) is 29.3 Å². The SMILES string of the molecule is O=Cc1ccc(C2CC2)cc1O. The summed E-state index contributed by atoms with van der Waals surface area (Å²) in [6, 6.07) is 5.29. The molecule has 0 atom stereocenters. The van der Waals surface area contributed by atoms with Gasteiger partial charge in [-0.1, -0.05) is 6.07 Å². The van der Waals surface area contributed by atoms with E-state index in [1.54, 1.807) is 12.1 Å². The number of hydrogen-bond donors (Lipinski definition) is 1. The number of carbonyl (C=O) groups is 1. The third kappa shape index (κ3) is 1.20. The molecule has 1 aromatic carbocycles. The summed E-state index contributed by atoms with van der Waals surface area (Å²) >= 11 is 0. The molecule has 2 rings (SSSR count). The first-order valence-electron chi connectivity index (χ1n) is 4.09. The lowest BCUT2D eigenvalue weighted by molar-refractivity contribution is 0.112. The van der Waals surface area contributed by atoms with Gasteiger partial charge in [-0.2, -0.15) is 0 Å². The summed E-state index contributed by atoms with van der Waals surface area (Å²) in [5.41, 5.74) is 1.53. The average Bonchev–Trinajstić information content (AvgIpc) is 2.86. The summed E-state index contributed by atoms with van der Waals surface area (Å²) in [5.74, 6) is 0.728. The van der Waals surface area contributed by atoms with E-state index in [1.807, 2.05) is 6.07 Å². The first kappa shape index (κ1) is 7.35. The zero-order valence-electron chi connectivity index (χ0n) is 6.66. The highest BCUT2D eigenvalue weighted by atomic mass is 16.3. The van der Waals surface area contributed by atoms with Crippen LogP contribution in [0, 0.1) is 0 Å². The van der Waals surface area contributed by atoms with E-state index in [4.69, 9.17) is 0 Å². The van der Waals surface area contributed by atoms with Gasteiger partial charge in [0.25, 0.3) is 0 Å². The summed E-state index contributed by atoms with van der Waals surface area (Å²) in [4.78, 5) is 10.4. The molecule has 0 aromatic heterocycles. The van der Waals surface area contributed by atoms with Crippen molar-refractivity contribution >= 4 is 6.29 Å².